The van der Waals surface area contributed by atoms with E-state index in [-0.39, 0.29) is 5.91 Å². The van der Waals surface area contributed by atoms with E-state index in [1.165, 1.54) is 0 Å². The van der Waals surface area contributed by atoms with Crippen LogP contribution in [0.2, 0.25) is 0 Å². The minimum atomic E-state index is -0.0488. The van der Waals surface area contributed by atoms with Crippen molar-refractivity contribution in [3.63, 3.8) is 0 Å². The monoisotopic (exact) mass is 307 g/mol. The topological polar surface area (TPSA) is 84.8 Å². The summed E-state index contributed by atoms with van der Waals surface area (Å²) in [5.41, 5.74) is 0.852. The molecule has 0 atom stereocenters. The fourth-order valence-electron chi connectivity index (χ4n) is 1.83. The number of hydrogen-bond donors (Lipinski definition) is 2. The summed E-state index contributed by atoms with van der Waals surface area (Å²) in [6.07, 6.45) is 3.73. The second-order valence-corrected chi connectivity index (χ2v) is 4.73. The number of carbonyl (C=O) groups is 1. The smallest absolute Gasteiger partial charge is 0.221 e. The van der Waals surface area contributed by atoms with Gasteiger partial charge in [0.15, 0.2) is 10.6 Å². The van der Waals surface area contributed by atoms with E-state index < -0.39 is 0 Å². The molecule has 0 unspecified atom stereocenters. The highest BCUT2D eigenvalue weighted by molar-refractivity contribution is 7.71. The van der Waals surface area contributed by atoms with Crippen molar-refractivity contribution in [1.82, 2.24) is 25.1 Å². The number of hydrogen-bond acceptors (Lipinski definition) is 5. The number of ether oxygens (including phenoxy) is 1. The third kappa shape index (κ3) is 4.20. The third-order valence-electron chi connectivity index (χ3n) is 2.87. The second kappa shape index (κ2) is 7.65. The van der Waals surface area contributed by atoms with Gasteiger partial charge in [0.1, 0.15) is 0 Å². The van der Waals surface area contributed by atoms with E-state index in [1.807, 2.05) is 12.1 Å². The summed E-state index contributed by atoms with van der Waals surface area (Å²) in [6.45, 7) is 1.46. The molecule has 2 aromatic heterocycles. The van der Waals surface area contributed by atoms with E-state index in [1.54, 1.807) is 24.1 Å². The van der Waals surface area contributed by atoms with E-state index in [9.17, 15) is 4.79 Å². The predicted octanol–water partition coefficient (Wildman–Crippen LogP) is 1.16. The highest BCUT2D eigenvalue weighted by Crippen LogP contribution is 2.15. The minimum absolute atomic E-state index is 0.0488. The summed E-state index contributed by atoms with van der Waals surface area (Å²) in [7, 11) is 1.59. The van der Waals surface area contributed by atoms with Crippen LogP contribution in [0.5, 0.6) is 0 Å². The normalized spacial score (nSPS) is 10.5. The first-order valence-electron chi connectivity index (χ1n) is 6.53. The summed E-state index contributed by atoms with van der Waals surface area (Å²) in [5.74, 6) is 0.630. The zero-order chi connectivity index (χ0) is 15.1. The van der Waals surface area contributed by atoms with Crippen molar-refractivity contribution in [2.45, 2.75) is 13.0 Å². The molecule has 8 heteroatoms. The molecule has 112 valence electrons. The number of aromatic amines is 1. The van der Waals surface area contributed by atoms with Gasteiger partial charge in [-0.1, -0.05) is 0 Å². The summed E-state index contributed by atoms with van der Waals surface area (Å²) in [5, 5.41) is 9.71. The predicted molar refractivity (Wildman–Crippen MR) is 80.1 cm³/mol. The van der Waals surface area contributed by atoms with Gasteiger partial charge in [-0.2, -0.15) is 5.10 Å². The Balaban J connectivity index is 2.02. The Labute approximate surface area is 127 Å². The molecule has 2 aromatic rings. The molecule has 0 aliphatic rings. The molecule has 0 spiro atoms. The molecule has 0 saturated heterocycles. The molecular formula is C13H17N5O2S. The molecule has 21 heavy (non-hydrogen) atoms. The lowest BCUT2D eigenvalue weighted by Crippen LogP contribution is -2.27. The number of aromatic nitrogens is 4. The maximum Gasteiger partial charge on any atom is 0.221 e. The zero-order valence-electron chi connectivity index (χ0n) is 11.7. The van der Waals surface area contributed by atoms with Gasteiger partial charge < -0.3 is 10.1 Å². The number of amides is 1. The van der Waals surface area contributed by atoms with Crippen LogP contribution in [0.3, 0.4) is 0 Å². The van der Waals surface area contributed by atoms with Crippen molar-refractivity contribution < 1.29 is 9.53 Å². The van der Waals surface area contributed by atoms with Crippen LogP contribution in [-0.2, 0) is 16.1 Å². The molecule has 7 nitrogen and oxygen atoms in total. The maximum atomic E-state index is 11.7. The third-order valence-corrected chi connectivity index (χ3v) is 3.18. The molecule has 0 saturated carbocycles. The Bertz CT molecular complexity index is 638. The van der Waals surface area contributed by atoms with Gasteiger partial charge in [-0.05, 0) is 24.4 Å². The van der Waals surface area contributed by atoms with Gasteiger partial charge in [-0.15, -0.1) is 0 Å². The average molecular weight is 307 g/mol. The van der Waals surface area contributed by atoms with Crippen molar-refractivity contribution in [2.75, 3.05) is 20.3 Å². The van der Waals surface area contributed by atoms with Gasteiger partial charge in [-0.25, -0.2) is 0 Å². The Kier molecular flexibility index (Phi) is 5.59. The number of methoxy groups -OCH3 is 1. The summed E-state index contributed by atoms with van der Waals surface area (Å²) in [4.78, 5) is 15.8. The number of H-pyrrole nitrogens is 1. The summed E-state index contributed by atoms with van der Waals surface area (Å²) < 4.78 is 7.16. The molecule has 2 heterocycles. The molecule has 0 aliphatic heterocycles. The van der Waals surface area contributed by atoms with Gasteiger partial charge >= 0.3 is 0 Å². The Hall–Kier alpha value is -2.06. The highest BCUT2D eigenvalue weighted by atomic mass is 32.1. The Morgan fingerprint density at radius 3 is 3.14 bits per heavy atom. The number of pyridine rings is 1. The van der Waals surface area contributed by atoms with Gasteiger partial charge in [0, 0.05) is 44.6 Å². The first-order chi connectivity index (χ1) is 10.2. The lowest BCUT2D eigenvalue weighted by atomic mass is 10.2. The van der Waals surface area contributed by atoms with Gasteiger partial charge in [0.05, 0.1) is 6.61 Å². The average Bonchev–Trinajstić information content (AvgIpc) is 2.87. The number of nitrogens with zero attached hydrogens (tertiary/aromatic N) is 3. The highest BCUT2D eigenvalue weighted by Gasteiger charge is 2.10. The van der Waals surface area contributed by atoms with Gasteiger partial charge in [0.2, 0.25) is 5.91 Å². The molecular weight excluding hydrogens is 290 g/mol. The van der Waals surface area contributed by atoms with Crippen LogP contribution in [-0.4, -0.2) is 45.9 Å². The lowest BCUT2D eigenvalue weighted by molar-refractivity contribution is -0.121. The van der Waals surface area contributed by atoms with Crippen molar-refractivity contribution in [3.8, 4) is 11.4 Å². The number of nitrogens with one attached hydrogen (secondary N) is 2. The summed E-state index contributed by atoms with van der Waals surface area (Å²) in [6, 6.07) is 3.72. The van der Waals surface area contributed by atoms with Crippen LogP contribution in [0.15, 0.2) is 24.5 Å². The fourth-order valence-corrected chi connectivity index (χ4v) is 2.06. The molecule has 0 fully saturated rings. The van der Waals surface area contributed by atoms with Crippen molar-refractivity contribution in [2.24, 2.45) is 0 Å². The molecule has 0 radical (unpaired) electrons. The van der Waals surface area contributed by atoms with Gasteiger partial charge in [0.25, 0.3) is 0 Å². The van der Waals surface area contributed by atoms with Crippen LogP contribution in [0.25, 0.3) is 11.4 Å². The van der Waals surface area contributed by atoms with E-state index in [0.29, 0.717) is 36.7 Å². The van der Waals surface area contributed by atoms with Crippen LogP contribution < -0.4 is 5.32 Å². The van der Waals surface area contributed by atoms with E-state index >= 15 is 0 Å². The van der Waals surface area contributed by atoms with Crippen LogP contribution in [0.4, 0.5) is 0 Å². The quantitative estimate of drug-likeness (QED) is 0.592. The van der Waals surface area contributed by atoms with E-state index in [2.05, 4.69) is 20.5 Å². The lowest BCUT2D eigenvalue weighted by Gasteiger charge is -2.07. The zero-order valence-corrected chi connectivity index (χ0v) is 12.5. The van der Waals surface area contributed by atoms with E-state index in [0.717, 1.165) is 5.56 Å². The Morgan fingerprint density at radius 1 is 1.57 bits per heavy atom. The van der Waals surface area contributed by atoms with Gasteiger partial charge in [-0.3, -0.25) is 19.4 Å². The number of rotatable bonds is 7. The molecule has 2 rings (SSSR count). The van der Waals surface area contributed by atoms with Crippen LogP contribution in [0.1, 0.15) is 6.42 Å². The molecule has 2 N–H and O–H groups in total. The van der Waals surface area contributed by atoms with Crippen molar-refractivity contribution in [3.05, 3.63) is 29.3 Å². The standard InChI is InChI=1S/C13H17N5O2S/c1-20-8-6-15-11(19)4-7-18-12(16-17-13(18)21)10-3-2-5-14-9-10/h2-3,5,9H,4,6-8H2,1H3,(H,15,19)(H,17,21). The number of carbonyl (C=O) groups excluding carboxylic acids is 1. The molecule has 1 amide bonds. The first kappa shape index (κ1) is 15.3. The first-order valence-corrected chi connectivity index (χ1v) is 6.94. The maximum absolute atomic E-state index is 11.7. The molecule has 0 aromatic carbocycles. The van der Waals surface area contributed by atoms with Crippen molar-refractivity contribution >= 4 is 18.1 Å². The SMILES string of the molecule is COCCNC(=O)CCn1c(-c2cccnc2)n[nH]c1=S. The van der Waals surface area contributed by atoms with Crippen LogP contribution in [0, 0.1) is 4.77 Å². The summed E-state index contributed by atoms with van der Waals surface area (Å²) >= 11 is 5.20. The molecule has 0 bridgehead atoms. The second-order valence-electron chi connectivity index (χ2n) is 4.34. The fraction of sp³-hybridized carbons (Fsp3) is 0.385. The van der Waals surface area contributed by atoms with E-state index in [4.69, 9.17) is 17.0 Å². The minimum Gasteiger partial charge on any atom is -0.383 e. The van der Waals surface area contributed by atoms with Crippen molar-refractivity contribution in [1.29, 1.82) is 0 Å². The Morgan fingerprint density at radius 2 is 2.43 bits per heavy atom. The van der Waals surface area contributed by atoms with Crippen LogP contribution >= 0.6 is 12.2 Å². The largest absolute Gasteiger partial charge is 0.383 e. The molecule has 0 aliphatic carbocycles.